The molecule has 0 saturated heterocycles. The van der Waals surface area contributed by atoms with Crippen LogP contribution in [0.15, 0.2) is 53.8 Å². The van der Waals surface area contributed by atoms with E-state index < -0.39 is 5.82 Å². The molecule has 11 heteroatoms. The number of imidazole rings is 1. The van der Waals surface area contributed by atoms with Crippen LogP contribution in [0, 0.1) is 11.7 Å². The summed E-state index contributed by atoms with van der Waals surface area (Å²) in [6, 6.07) is 9.69. The van der Waals surface area contributed by atoms with E-state index in [4.69, 9.17) is 11.6 Å². The molecule has 9 nitrogen and oxygen atoms in total. The number of para-hydroxylation sites is 1. The zero-order valence-corrected chi connectivity index (χ0v) is 22.9. The Bertz CT molecular complexity index is 1470. The number of aliphatic imine (C=N–C) groups is 1. The van der Waals surface area contributed by atoms with Crippen molar-refractivity contribution in [1.29, 1.82) is 0 Å². The highest BCUT2D eigenvalue weighted by molar-refractivity contribution is 6.30. The number of amidine groups is 1. The Morgan fingerprint density at radius 3 is 2.59 bits per heavy atom. The molecule has 0 amide bonds. The number of anilines is 2. The van der Waals surface area contributed by atoms with Crippen LogP contribution >= 0.6 is 11.6 Å². The Balaban J connectivity index is 0.000000438. The molecule has 39 heavy (non-hydrogen) atoms. The van der Waals surface area contributed by atoms with Crippen LogP contribution in [0.5, 0.6) is 0 Å². The number of rotatable bonds is 6. The summed E-state index contributed by atoms with van der Waals surface area (Å²) in [7, 11) is 3.30. The smallest absolute Gasteiger partial charge is 0.320 e. The maximum absolute atomic E-state index is 14.2. The maximum Gasteiger partial charge on any atom is 0.320 e. The molecule has 3 heterocycles. The standard InChI is InChI=1S/C21H17ClFN7O2.C7H14/c1-24-20(29-32-11-31)17-8-16-19(18(26-17)12-7-13(22)10-25-9-12)30(2)21(28-16)27-15-6-4-3-5-14(15)23;1-7-5-3-2-4-6-7/h3-11H,1-2H3,(H,24,29)(H,27,28);7H,2-6H2,1H3. The highest BCUT2D eigenvalue weighted by Crippen LogP contribution is 2.31. The van der Waals surface area contributed by atoms with E-state index in [1.165, 1.54) is 51.4 Å². The summed E-state index contributed by atoms with van der Waals surface area (Å²) in [4.78, 5) is 32.8. The molecule has 0 atom stereocenters. The molecule has 1 aliphatic rings. The van der Waals surface area contributed by atoms with E-state index in [0.717, 1.165) is 5.92 Å². The minimum absolute atomic E-state index is 0.213. The molecule has 0 spiro atoms. The molecule has 5 rings (SSSR count). The number of carbonyl (C=O) groups excluding carboxylic acids is 1. The van der Waals surface area contributed by atoms with Crippen LogP contribution in [-0.4, -0.2) is 38.9 Å². The van der Waals surface area contributed by atoms with Gasteiger partial charge in [-0.1, -0.05) is 62.8 Å². The number of hydrogen-bond acceptors (Lipinski definition) is 7. The number of benzene rings is 1. The minimum Gasteiger partial charge on any atom is -0.345 e. The van der Waals surface area contributed by atoms with Gasteiger partial charge in [0.2, 0.25) is 5.95 Å². The van der Waals surface area contributed by atoms with Crippen molar-refractivity contribution < 1.29 is 14.0 Å². The van der Waals surface area contributed by atoms with E-state index in [9.17, 15) is 9.18 Å². The summed E-state index contributed by atoms with van der Waals surface area (Å²) in [5, 5.41) is 3.44. The average molecular weight is 552 g/mol. The van der Waals surface area contributed by atoms with Crippen molar-refractivity contribution in [3.8, 4) is 11.3 Å². The van der Waals surface area contributed by atoms with E-state index in [2.05, 4.69) is 42.5 Å². The molecule has 1 fully saturated rings. The van der Waals surface area contributed by atoms with Crippen LogP contribution in [0.2, 0.25) is 5.02 Å². The molecule has 0 bridgehead atoms. The second-order valence-electron chi connectivity index (χ2n) is 9.35. The summed E-state index contributed by atoms with van der Waals surface area (Å²) >= 11 is 6.15. The highest BCUT2D eigenvalue weighted by atomic mass is 35.5. The fourth-order valence-electron chi connectivity index (χ4n) is 4.49. The van der Waals surface area contributed by atoms with Gasteiger partial charge in [-0.15, -0.1) is 0 Å². The number of carbonyl (C=O) groups is 1. The van der Waals surface area contributed by atoms with Gasteiger partial charge in [0.1, 0.15) is 11.5 Å². The van der Waals surface area contributed by atoms with Crippen molar-refractivity contribution in [3.63, 3.8) is 0 Å². The first-order valence-electron chi connectivity index (χ1n) is 12.7. The van der Waals surface area contributed by atoms with Crippen molar-refractivity contribution in [3.05, 3.63) is 65.3 Å². The van der Waals surface area contributed by atoms with Crippen LogP contribution < -0.4 is 10.8 Å². The number of nitrogens with one attached hydrogen (secondary N) is 2. The lowest BCUT2D eigenvalue weighted by Gasteiger charge is -2.15. The number of halogens is 2. The topological polar surface area (TPSA) is 106 Å². The van der Waals surface area contributed by atoms with Gasteiger partial charge in [-0.2, -0.15) is 5.48 Å². The maximum atomic E-state index is 14.2. The molecule has 1 aliphatic carbocycles. The number of fused-ring (bicyclic) bond motifs is 1. The van der Waals surface area contributed by atoms with Crippen LogP contribution in [0.3, 0.4) is 0 Å². The van der Waals surface area contributed by atoms with Crippen molar-refractivity contribution in [2.45, 2.75) is 39.0 Å². The summed E-state index contributed by atoms with van der Waals surface area (Å²) in [6.45, 7) is 2.60. The lowest BCUT2D eigenvalue weighted by molar-refractivity contribution is -0.132. The van der Waals surface area contributed by atoms with Crippen molar-refractivity contribution in [2.75, 3.05) is 12.4 Å². The van der Waals surface area contributed by atoms with Crippen molar-refractivity contribution in [2.24, 2.45) is 18.0 Å². The Morgan fingerprint density at radius 2 is 1.95 bits per heavy atom. The van der Waals surface area contributed by atoms with Gasteiger partial charge in [0.05, 0.1) is 27.4 Å². The second kappa shape index (κ2) is 13.1. The molecule has 1 saturated carbocycles. The molecule has 0 unspecified atom stereocenters. The van der Waals surface area contributed by atoms with E-state index >= 15 is 0 Å². The number of nitrogens with zero attached hydrogens (tertiary/aromatic N) is 5. The summed E-state index contributed by atoms with van der Waals surface area (Å²) < 4.78 is 15.9. The zero-order valence-electron chi connectivity index (χ0n) is 22.1. The molecule has 4 aromatic rings. The Kier molecular flexibility index (Phi) is 9.43. The predicted molar refractivity (Wildman–Crippen MR) is 151 cm³/mol. The fourth-order valence-corrected chi connectivity index (χ4v) is 4.67. The summed E-state index contributed by atoms with van der Waals surface area (Å²) in [5.74, 6) is 1.24. The van der Waals surface area contributed by atoms with E-state index in [0.29, 0.717) is 39.0 Å². The van der Waals surface area contributed by atoms with Crippen LogP contribution in [0.1, 0.15) is 44.7 Å². The van der Waals surface area contributed by atoms with Crippen LogP contribution in [0.4, 0.5) is 16.0 Å². The molecule has 3 aromatic heterocycles. The number of hydrogen-bond donors (Lipinski definition) is 2. The first kappa shape index (κ1) is 28.0. The molecular formula is C28H31ClFN7O2. The third-order valence-electron chi connectivity index (χ3n) is 6.51. The quantitative estimate of drug-likeness (QED) is 0.127. The first-order valence-corrected chi connectivity index (χ1v) is 13.1. The number of aryl methyl sites for hydroxylation is 1. The SMILES string of the molecule is CC1CCCCC1.CN=C(NOC=O)c1cc2nc(Nc3ccccc3F)n(C)c2c(-c2cncc(Cl)c2)n1. The van der Waals surface area contributed by atoms with E-state index in [-0.39, 0.29) is 18.0 Å². The van der Waals surface area contributed by atoms with Crippen molar-refractivity contribution in [1.82, 2.24) is 25.0 Å². The molecule has 204 valence electrons. The van der Waals surface area contributed by atoms with Gasteiger partial charge in [0.25, 0.3) is 0 Å². The van der Waals surface area contributed by atoms with E-state index in [1.54, 1.807) is 48.1 Å². The normalized spacial score (nSPS) is 13.9. The lowest BCUT2D eigenvalue weighted by Crippen LogP contribution is -2.25. The van der Waals surface area contributed by atoms with Gasteiger partial charge in [0.15, 0.2) is 5.84 Å². The number of pyridine rings is 2. The Labute approximate surface area is 231 Å². The van der Waals surface area contributed by atoms with Gasteiger partial charge in [0, 0.05) is 32.1 Å². The summed E-state index contributed by atoms with van der Waals surface area (Å²) in [5.41, 5.74) is 5.43. The predicted octanol–water partition coefficient (Wildman–Crippen LogP) is 6.21. The van der Waals surface area contributed by atoms with Gasteiger partial charge in [-0.3, -0.25) is 14.8 Å². The minimum atomic E-state index is -0.409. The Hall–Kier alpha value is -4.05. The molecule has 0 aliphatic heterocycles. The summed E-state index contributed by atoms with van der Waals surface area (Å²) in [6.07, 6.45) is 10.6. The Morgan fingerprint density at radius 1 is 1.18 bits per heavy atom. The largest absolute Gasteiger partial charge is 0.345 e. The van der Waals surface area contributed by atoms with Crippen LogP contribution in [0.25, 0.3) is 22.3 Å². The monoisotopic (exact) mass is 551 g/mol. The second-order valence-corrected chi connectivity index (χ2v) is 9.78. The lowest BCUT2D eigenvalue weighted by atomic mass is 9.91. The third-order valence-corrected chi connectivity index (χ3v) is 6.72. The molecular weight excluding hydrogens is 521 g/mol. The number of aromatic nitrogens is 4. The fraction of sp³-hybridized carbons (Fsp3) is 0.321. The molecule has 2 N–H and O–H groups in total. The zero-order chi connectivity index (χ0) is 27.8. The van der Waals surface area contributed by atoms with E-state index in [1.807, 2.05) is 0 Å². The average Bonchev–Trinajstić information content (AvgIpc) is 3.25. The van der Waals surface area contributed by atoms with Crippen LogP contribution in [-0.2, 0) is 16.7 Å². The van der Waals surface area contributed by atoms with Gasteiger partial charge >= 0.3 is 6.47 Å². The van der Waals surface area contributed by atoms with Gasteiger partial charge in [-0.05, 0) is 30.2 Å². The highest BCUT2D eigenvalue weighted by Gasteiger charge is 2.19. The first-order chi connectivity index (χ1) is 18.9. The third kappa shape index (κ3) is 6.88. The number of hydroxylamine groups is 1. The van der Waals surface area contributed by atoms with Crippen molar-refractivity contribution >= 4 is 46.6 Å². The molecule has 0 radical (unpaired) electrons. The van der Waals surface area contributed by atoms with Gasteiger partial charge < -0.3 is 14.7 Å². The molecule has 1 aromatic carbocycles. The van der Waals surface area contributed by atoms with Gasteiger partial charge in [-0.25, -0.2) is 14.4 Å².